The van der Waals surface area contributed by atoms with Gasteiger partial charge >= 0.3 is 6.18 Å². The number of benzene rings is 1. The van der Waals surface area contributed by atoms with Gasteiger partial charge in [0, 0.05) is 31.9 Å². The van der Waals surface area contributed by atoms with E-state index in [1.54, 1.807) is 4.90 Å². The van der Waals surface area contributed by atoms with E-state index in [9.17, 15) is 18.0 Å². The van der Waals surface area contributed by atoms with E-state index in [1.165, 1.54) is 18.1 Å². The molecule has 1 aliphatic rings. The quantitative estimate of drug-likeness (QED) is 0.842. The third-order valence-corrected chi connectivity index (χ3v) is 4.35. The van der Waals surface area contributed by atoms with Gasteiger partial charge in [0.05, 0.1) is 0 Å². The van der Waals surface area contributed by atoms with Gasteiger partial charge in [-0.05, 0) is 38.0 Å². The lowest BCUT2D eigenvalue weighted by atomic mass is 10.1. The van der Waals surface area contributed by atoms with E-state index < -0.39 is 18.9 Å². The van der Waals surface area contributed by atoms with Gasteiger partial charge in [-0.15, -0.1) is 0 Å². The molecule has 24 heavy (non-hydrogen) atoms. The normalized spacial score (nSPS) is 17.1. The molecule has 1 fully saturated rings. The highest BCUT2D eigenvalue weighted by Crippen LogP contribution is 2.24. The molecule has 134 valence electrons. The number of alkyl halides is 3. The van der Waals surface area contributed by atoms with Crippen LogP contribution < -0.4 is 4.90 Å². The van der Waals surface area contributed by atoms with Crippen LogP contribution in [0.1, 0.15) is 18.1 Å². The summed E-state index contributed by atoms with van der Waals surface area (Å²) in [6.45, 7) is 6.35. The minimum absolute atomic E-state index is 0.389. The Hall–Kier alpha value is -1.76. The lowest BCUT2D eigenvalue weighted by molar-refractivity contribution is -0.188. The molecule has 1 aromatic carbocycles. The predicted molar refractivity (Wildman–Crippen MR) is 86.2 cm³/mol. The third-order valence-electron chi connectivity index (χ3n) is 4.35. The Morgan fingerprint density at radius 1 is 1.21 bits per heavy atom. The highest BCUT2D eigenvalue weighted by molar-refractivity contribution is 5.80. The summed E-state index contributed by atoms with van der Waals surface area (Å²) >= 11 is 0. The molecule has 0 spiro atoms. The second-order valence-electron chi connectivity index (χ2n) is 6.10. The Morgan fingerprint density at radius 2 is 1.83 bits per heavy atom. The summed E-state index contributed by atoms with van der Waals surface area (Å²) < 4.78 is 41.2. The van der Waals surface area contributed by atoms with Gasteiger partial charge in [-0.3, -0.25) is 4.79 Å². The largest absolute Gasteiger partial charge is 0.411 e. The van der Waals surface area contributed by atoms with Crippen molar-refractivity contribution >= 4 is 11.6 Å². The van der Waals surface area contributed by atoms with E-state index in [4.69, 9.17) is 0 Å². The van der Waals surface area contributed by atoms with Crippen LogP contribution in [-0.2, 0) is 9.53 Å². The first kappa shape index (κ1) is 18.6. The minimum atomic E-state index is -4.42. The molecule has 0 aromatic heterocycles. The number of ether oxygens (including phenoxy) is 1. The molecule has 1 saturated heterocycles. The number of carbonyl (C=O) groups excluding carboxylic acids is 1. The van der Waals surface area contributed by atoms with Gasteiger partial charge < -0.3 is 14.5 Å². The standard InChI is InChI=1S/C17H23F3N2O2/c1-12-5-4-6-15(13(12)2)21-7-9-22(10-8-21)16(23)14(3)24-11-17(18,19)20/h4-6,14H,7-11H2,1-3H3/t14-/m0/s1. The monoisotopic (exact) mass is 344 g/mol. The summed E-state index contributed by atoms with van der Waals surface area (Å²) in [5.41, 5.74) is 3.56. The number of rotatable bonds is 4. The topological polar surface area (TPSA) is 32.8 Å². The van der Waals surface area contributed by atoms with Crippen LogP contribution in [0.15, 0.2) is 18.2 Å². The first-order chi connectivity index (χ1) is 11.2. The molecule has 0 unspecified atom stereocenters. The van der Waals surface area contributed by atoms with Crippen molar-refractivity contribution in [3.63, 3.8) is 0 Å². The Labute approximate surface area is 140 Å². The minimum Gasteiger partial charge on any atom is -0.368 e. The van der Waals surface area contributed by atoms with E-state index in [0.717, 1.165) is 5.69 Å². The highest BCUT2D eigenvalue weighted by Gasteiger charge is 2.32. The molecule has 0 radical (unpaired) electrons. The Balaban J connectivity index is 1.90. The lowest BCUT2D eigenvalue weighted by Crippen LogP contribution is -2.51. The fourth-order valence-electron chi connectivity index (χ4n) is 2.79. The van der Waals surface area contributed by atoms with Crippen molar-refractivity contribution in [2.45, 2.75) is 33.1 Å². The van der Waals surface area contributed by atoms with Crippen LogP contribution in [0.3, 0.4) is 0 Å². The number of aryl methyl sites for hydroxylation is 1. The second-order valence-corrected chi connectivity index (χ2v) is 6.10. The van der Waals surface area contributed by atoms with Crippen LogP contribution >= 0.6 is 0 Å². The van der Waals surface area contributed by atoms with E-state index in [1.807, 2.05) is 6.07 Å². The van der Waals surface area contributed by atoms with E-state index in [2.05, 4.69) is 35.6 Å². The Bertz CT molecular complexity index is 582. The zero-order valence-corrected chi connectivity index (χ0v) is 14.2. The Morgan fingerprint density at radius 3 is 2.42 bits per heavy atom. The molecule has 1 aliphatic heterocycles. The molecule has 0 saturated carbocycles. The lowest BCUT2D eigenvalue weighted by Gasteiger charge is -2.38. The molecule has 4 nitrogen and oxygen atoms in total. The van der Waals surface area contributed by atoms with Gasteiger partial charge in [-0.1, -0.05) is 12.1 Å². The van der Waals surface area contributed by atoms with Gasteiger partial charge in [0.2, 0.25) is 0 Å². The van der Waals surface area contributed by atoms with Crippen molar-refractivity contribution in [1.29, 1.82) is 0 Å². The van der Waals surface area contributed by atoms with Crippen molar-refractivity contribution in [1.82, 2.24) is 4.90 Å². The van der Waals surface area contributed by atoms with Crippen LogP contribution in [0.4, 0.5) is 18.9 Å². The second kappa shape index (κ2) is 7.42. The number of halogens is 3. The molecule has 0 bridgehead atoms. The molecule has 2 rings (SSSR count). The number of piperazine rings is 1. The first-order valence-corrected chi connectivity index (χ1v) is 7.97. The summed E-state index contributed by atoms with van der Waals surface area (Å²) in [5.74, 6) is -0.389. The summed E-state index contributed by atoms with van der Waals surface area (Å²) in [6.07, 6.45) is -5.51. The van der Waals surface area contributed by atoms with Crippen LogP contribution in [0.2, 0.25) is 0 Å². The van der Waals surface area contributed by atoms with Crippen molar-refractivity contribution in [2.75, 3.05) is 37.7 Å². The Kier molecular flexibility index (Phi) is 5.74. The highest BCUT2D eigenvalue weighted by atomic mass is 19.4. The molecule has 1 atom stereocenters. The average molecular weight is 344 g/mol. The van der Waals surface area contributed by atoms with E-state index >= 15 is 0 Å². The first-order valence-electron chi connectivity index (χ1n) is 7.97. The molecule has 1 amide bonds. The number of anilines is 1. The summed E-state index contributed by atoms with van der Waals surface area (Å²) in [4.78, 5) is 16.0. The van der Waals surface area contributed by atoms with Gasteiger partial charge in [-0.25, -0.2) is 0 Å². The van der Waals surface area contributed by atoms with Crippen molar-refractivity contribution < 1.29 is 22.7 Å². The van der Waals surface area contributed by atoms with E-state index in [0.29, 0.717) is 26.2 Å². The van der Waals surface area contributed by atoms with Crippen LogP contribution in [-0.4, -0.2) is 55.9 Å². The van der Waals surface area contributed by atoms with Gasteiger partial charge in [-0.2, -0.15) is 13.2 Å². The zero-order valence-electron chi connectivity index (χ0n) is 14.2. The van der Waals surface area contributed by atoms with Gasteiger partial charge in [0.25, 0.3) is 5.91 Å². The fourth-order valence-corrected chi connectivity index (χ4v) is 2.79. The molecule has 1 aromatic rings. The third kappa shape index (κ3) is 4.63. The van der Waals surface area contributed by atoms with E-state index in [-0.39, 0.29) is 5.91 Å². The van der Waals surface area contributed by atoms with Crippen molar-refractivity contribution in [3.05, 3.63) is 29.3 Å². The summed E-state index contributed by atoms with van der Waals surface area (Å²) in [6, 6.07) is 6.11. The number of carbonyl (C=O) groups is 1. The molecule has 7 heteroatoms. The van der Waals surface area contributed by atoms with Crippen LogP contribution in [0, 0.1) is 13.8 Å². The van der Waals surface area contributed by atoms with Crippen LogP contribution in [0.25, 0.3) is 0 Å². The molecular weight excluding hydrogens is 321 g/mol. The maximum absolute atomic E-state index is 12.2. The smallest absolute Gasteiger partial charge is 0.368 e. The molecular formula is C17H23F3N2O2. The van der Waals surface area contributed by atoms with Crippen molar-refractivity contribution in [3.8, 4) is 0 Å². The predicted octanol–water partition coefficient (Wildman–Crippen LogP) is 2.92. The summed E-state index contributed by atoms with van der Waals surface area (Å²) in [7, 11) is 0. The maximum Gasteiger partial charge on any atom is 0.411 e. The molecule has 0 aliphatic carbocycles. The number of hydrogen-bond donors (Lipinski definition) is 0. The van der Waals surface area contributed by atoms with Crippen LogP contribution in [0.5, 0.6) is 0 Å². The average Bonchev–Trinajstić information content (AvgIpc) is 2.54. The summed E-state index contributed by atoms with van der Waals surface area (Å²) in [5, 5.41) is 0. The molecule has 0 N–H and O–H groups in total. The zero-order chi connectivity index (χ0) is 17.9. The van der Waals surface area contributed by atoms with Crippen molar-refractivity contribution in [2.24, 2.45) is 0 Å². The van der Waals surface area contributed by atoms with Gasteiger partial charge in [0.1, 0.15) is 12.7 Å². The SMILES string of the molecule is Cc1cccc(N2CCN(C(=O)[C@H](C)OCC(F)(F)F)CC2)c1C. The molecule has 1 heterocycles. The fraction of sp³-hybridized carbons (Fsp3) is 0.588. The number of amides is 1. The van der Waals surface area contributed by atoms with Gasteiger partial charge in [0.15, 0.2) is 0 Å². The maximum atomic E-state index is 12.2. The number of hydrogen-bond acceptors (Lipinski definition) is 3. The number of nitrogens with zero attached hydrogens (tertiary/aromatic N) is 2.